The maximum Gasteiger partial charge on any atom is 0.243 e. The fourth-order valence-electron chi connectivity index (χ4n) is 3.51. The molecule has 2 aliphatic rings. The molecule has 0 aromatic heterocycles. The Balaban J connectivity index is 1.40. The zero-order valence-corrected chi connectivity index (χ0v) is 16.2. The number of nitrogens with zero attached hydrogens (tertiary/aromatic N) is 1. The van der Waals surface area contributed by atoms with E-state index in [9.17, 15) is 17.9 Å². The highest BCUT2D eigenvalue weighted by Gasteiger charge is 2.31. The number of ether oxygens (including phenoxy) is 2. The number of piperazine rings is 1. The van der Waals surface area contributed by atoms with Crippen molar-refractivity contribution in [2.24, 2.45) is 0 Å². The van der Waals surface area contributed by atoms with E-state index in [1.165, 1.54) is 16.4 Å². The molecule has 2 heterocycles. The minimum atomic E-state index is -3.60. The maximum absolute atomic E-state index is 13.0. The smallest absolute Gasteiger partial charge is 0.243 e. The second kappa shape index (κ2) is 9.40. The molecule has 0 amide bonds. The van der Waals surface area contributed by atoms with E-state index in [0.29, 0.717) is 39.3 Å². The minimum absolute atomic E-state index is 0.106. The van der Waals surface area contributed by atoms with Crippen molar-refractivity contribution in [1.29, 1.82) is 0 Å². The van der Waals surface area contributed by atoms with Crippen LogP contribution < -0.4 is 4.90 Å². The highest BCUT2D eigenvalue weighted by Crippen LogP contribution is 2.16. The summed E-state index contributed by atoms with van der Waals surface area (Å²) in [7, 11) is -3.60. The van der Waals surface area contributed by atoms with Gasteiger partial charge in [-0.1, -0.05) is 0 Å². The first kappa shape index (κ1) is 20.6. The van der Waals surface area contributed by atoms with E-state index in [1.807, 2.05) is 0 Å². The largest absolute Gasteiger partial charge is 0.385 e. The Hall–Kier alpha value is -1.10. The summed E-state index contributed by atoms with van der Waals surface area (Å²) < 4.78 is 50.7. The van der Waals surface area contributed by atoms with Crippen LogP contribution in [-0.4, -0.2) is 82.6 Å². The van der Waals surface area contributed by atoms with Crippen LogP contribution in [0.25, 0.3) is 0 Å². The molecule has 2 aliphatic heterocycles. The van der Waals surface area contributed by atoms with Crippen molar-refractivity contribution in [2.75, 3.05) is 52.5 Å². The number of quaternary nitrogens is 1. The molecule has 0 bridgehead atoms. The summed E-state index contributed by atoms with van der Waals surface area (Å²) in [5, 5.41) is 10.2. The molecule has 2 fully saturated rings. The zero-order chi connectivity index (χ0) is 19.3. The Labute approximate surface area is 159 Å². The number of hydrogen-bond donors (Lipinski definition) is 2. The molecule has 1 aromatic carbocycles. The number of sulfonamides is 1. The van der Waals surface area contributed by atoms with Crippen LogP contribution in [0.1, 0.15) is 12.8 Å². The highest BCUT2D eigenvalue weighted by molar-refractivity contribution is 7.89. The number of aliphatic hydroxyl groups excluding tert-OH is 1. The normalized spacial score (nSPS) is 23.6. The molecule has 27 heavy (non-hydrogen) atoms. The molecule has 9 heteroatoms. The lowest BCUT2D eigenvalue weighted by atomic mass is 10.2. The van der Waals surface area contributed by atoms with Gasteiger partial charge in [-0.3, -0.25) is 0 Å². The first-order valence-electron chi connectivity index (χ1n) is 9.42. The first-order chi connectivity index (χ1) is 12.9. The molecule has 2 atom stereocenters. The number of aliphatic hydroxyl groups is 1. The van der Waals surface area contributed by atoms with Crippen molar-refractivity contribution in [3.05, 3.63) is 30.1 Å². The average molecular weight is 403 g/mol. The molecule has 0 unspecified atom stereocenters. The number of benzene rings is 1. The van der Waals surface area contributed by atoms with Crippen LogP contribution in [0.2, 0.25) is 0 Å². The van der Waals surface area contributed by atoms with Crippen molar-refractivity contribution >= 4 is 10.0 Å². The molecule has 0 radical (unpaired) electrons. The van der Waals surface area contributed by atoms with Gasteiger partial charge in [-0.2, -0.15) is 4.31 Å². The first-order valence-corrected chi connectivity index (χ1v) is 10.9. The van der Waals surface area contributed by atoms with Gasteiger partial charge in [0.15, 0.2) is 0 Å². The molecule has 2 saturated heterocycles. The standard InChI is InChI=1S/C18H27FN2O5S/c19-15-3-5-18(6-4-15)27(23,24)21-9-7-20(8-10-21)12-16(22)13-25-14-17-2-1-11-26-17/h3-6,16-17,22H,1-2,7-14H2/p+1/t16-,17+/m1/s1. The van der Waals surface area contributed by atoms with Gasteiger partial charge in [-0.05, 0) is 37.1 Å². The lowest BCUT2D eigenvalue weighted by Crippen LogP contribution is -3.15. The van der Waals surface area contributed by atoms with Gasteiger partial charge in [-0.15, -0.1) is 0 Å². The summed E-state index contributed by atoms with van der Waals surface area (Å²) in [4.78, 5) is 1.25. The van der Waals surface area contributed by atoms with Crippen LogP contribution in [0, 0.1) is 5.82 Å². The van der Waals surface area contributed by atoms with Crippen LogP contribution in [0.4, 0.5) is 4.39 Å². The van der Waals surface area contributed by atoms with Crippen LogP contribution in [-0.2, 0) is 19.5 Å². The molecular formula is C18H28FN2O5S+. The van der Waals surface area contributed by atoms with Gasteiger partial charge in [-0.25, -0.2) is 12.8 Å². The molecular weight excluding hydrogens is 375 g/mol. The Morgan fingerprint density at radius 1 is 1.30 bits per heavy atom. The lowest BCUT2D eigenvalue weighted by molar-refractivity contribution is -0.906. The van der Waals surface area contributed by atoms with Gasteiger partial charge >= 0.3 is 0 Å². The van der Waals surface area contributed by atoms with Crippen LogP contribution in [0.3, 0.4) is 0 Å². The summed E-state index contributed by atoms with van der Waals surface area (Å²) in [6.07, 6.45) is 1.63. The van der Waals surface area contributed by atoms with Gasteiger partial charge in [0.05, 0.1) is 50.4 Å². The van der Waals surface area contributed by atoms with Crippen molar-refractivity contribution in [3.63, 3.8) is 0 Å². The Morgan fingerprint density at radius 3 is 2.63 bits per heavy atom. The number of rotatable bonds is 8. The number of halogens is 1. The predicted molar refractivity (Wildman–Crippen MR) is 96.5 cm³/mol. The van der Waals surface area contributed by atoms with Crippen molar-refractivity contribution < 1.29 is 32.3 Å². The summed E-state index contributed by atoms with van der Waals surface area (Å²) in [5.74, 6) is -0.459. The van der Waals surface area contributed by atoms with Crippen LogP contribution >= 0.6 is 0 Å². The van der Waals surface area contributed by atoms with E-state index < -0.39 is 21.9 Å². The fourth-order valence-corrected chi connectivity index (χ4v) is 4.95. The van der Waals surface area contributed by atoms with E-state index >= 15 is 0 Å². The van der Waals surface area contributed by atoms with Crippen LogP contribution in [0.15, 0.2) is 29.2 Å². The summed E-state index contributed by atoms with van der Waals surface area (Å²) in [5.41, 5.74) is 0. The van der Waals surface area contributed by atoms with E-state index in [4.69, 9.17) is 9.47 Å². The molecule has 0 aliphatic carbocycles. The molecule has 7 nitrogen and oxygen atoms in total. The molecule has 0 saturated carbocycles. The fraction of sp³-hybridized carbons (Fsp3) is 0.667. The summed E-state index contributed by atoms with van der Waals surface area (Å²) in [6, 6.07) is 4.89. The quantitative estimate of drug-likeness (QED) is 0.598. The van der Waals surface area contributed by atoms with Gasteiger partial charge in [0.25, 0.3) is 0 Å². The molecule has 152 valence electrons. The van der Waals surface area contributed by atoms with Crippen molar-refractivity contribution in [2.45, 2.75) is 29.9 Å². The maximum atomic E-state index is 13.0. The summed E-state index contributed by atoms with van der Waals surface area (Å²) in [6.45, 7) is 4.06. The zero-order valence-electron chi connectivity index (χ0n) is 15.3. The minimum Gasteiger partial charge on any atom is -0.385 e. The molecule has 2 N–H and O–H groups in total. The third kappa shape index (κ3) is 5.69. The van der Waals surface area contributed by atoms with Gasteiger partial charge in [0, 0.05) is 6.61 Å². The second-order valence-electron chi connectivity index (χ2n) is 7.14. The third-order valence-electron chi connectivity index (χ3n) is 5.04. The van der Waals surface area contributed by atoms with E-state index in [0.717, 1.165) is 36.5 Å². The Kier molecular flexibility index (Phi) is 7.18. The predicted octanol–water partition coefficient (Wildman–Crippen LogP) is -0.729. The van der Waals surface area contributed by atoms with Gasteiger partial charge in [0.1, 0.15) is 18.5 Å². The van der Waals surface area contributed by atoms with Crippen molar-refractivity contribution in [1.82, 2.24) is 4.31 Å². The molecule has 0 spiro atoms. The molecule has 1 aromatic rings. The topological polar surface area (TPSA) is 80.5 Å². The molecule has 3 rings (SSSR count). The number of hydrogen-bond acceptors (Lipinski definition) is 5. The van der Waals surface area contributed by atoms with Crippen LogP contribution in [0.5, 0.6) is 0 Å². The van der Waals surface area contributed by atoms with E-state index in [2.05, 4.69) is 0 Å². The third-order valence-corrected chi connectivity index (χ3v) is 6.96. The van der Waals surface area contributed by atoms with E-state index in [-0.39, 0.29) is 17.6 Å². The van der Waals surface area contributed by atoms with Crippen molar-refractivity contribution in [3.8, 4) is 0 Å². The monoisotopic (exact) mass is 403 g/mol. The highest BCUT2D eigenvalue weighted by atomic mass is 32.2. The second-order valence-corrected chi connectivity index (χ2v) is 9.08. The summed E-state index contributed by atoms with van der Waals surface area (Å²) >= 11 is 0. The van der Waals surface area contributed by atoms with E-state index in [1.54, 1.807) is 0 Å². The SMILES string of the molecule is O=S(=O)(c1ccc(F)cc1)N1CC[NH+](C[C@@H](O)COC[C@@H]2CCCO2)CC1. The van der Waals surface area contributed by atoms with Gasteiger partial charge in [0.2, 0.25) is 10.0 Å². The lowest BCUT2D eigenvalue weighted by Gasteiger charge is -2.32. The average Bonchev–Trinajstić information content (AvgIpc) is 3.16. The number of nitrogens with one attached hydrogen (secondary N) is 1. The Morgan fingerprint density at radius 2 is 2.00 bits per heavy atom. The van der Waals surface area contributed by atoms with Gasteiger partial charge < -0.3 is 19.5 Å². The Bertz CT molecular complexity index is 686.